The molecule has 1 amide bonds. The Kier molecular flexibility index (Phi) is 4.39. The molecule has 25 heavy (non-hydrogen) atoms. The highest BCUT2D eigenvalue weighted by Gasteiger charge is 2.25. The summed E-state index contributed by atoms with van der Waals surface area (Å²) in [6.07, 6.45) is 2.01. The fourth-order valence-electron chi connectivity index (χ4n) is 2.90. The van der Waals surface area contributed by atoms with Crippen LogP contribution in [0.15, 0.2) is 58.0 Å². The number of hydrogen-bond donors (Lipinski definition) is 0. The van der Waals surface area contributed by atoms with E-state index >= 15 is 0 Å². The second-order valence-electron chi connectivity index (χ2n) is 5.81. The minimum atomic E-state index is 0.0301. The summed E-state index contributed by atoms with van der Waals surface area (Å²) < 4.78 is 3.03. The second-order valence-corrected chi connectivity index (χ2v) is 7.84. The van der Waals surface area contributed by atoms with Crippen LogP contribution in [0.5, 0.6) is 0 Å². The lowest BCUT2D eigenvalue weighted by Crippen LogP contribution is -2.26. The van der Waals surface area contributed by atoms with E-state index in [0.717, 1.165) is 38.7 Å². The molecule has 1 aromatic heterocycles. The van der Waals surface area contributed by atoms with Crippen LogP contribution >= 0.6 is 27.7 Å². The third kappa shape index (κ3) is 3.12. The highest BCUT2D eigenvalue weighted by Crippen LogP contribution is 2.31. The van der Waals surface area contributed by atoms with Crippen molar-refractivity contribution in [3.63, 3.8) is 0 Å². The van der Waals surface area contributed by atoms with Crippen LogP contribution in [-0.2, 0) is 7.05 Å². The Morgan fingerprint density at radius 3 is 2.72 bits per heavy atom. The monoisotopic (exact) mass is 413 g/mol. The Morgan fingerprint density at radius 1 is 1.20 bits per heavy atom. The van der Waals surface area contributed by atoms with E-state index in [1.54, 1.807) is 11.8 Å². The Hall–Kier alpha value is -2.05. The number of halogens is 1. The molecular formula is C19H16BrN3OS. The van der Waals surface area contributed by atoms with Crippen LogP contribution in [0.1, 0.15) is 16.2 Å². The minimum absolute atomic E-state index is 0.0301. The number of rotatable bonds is 2. The zero-order valence-electron chi connectivity index (χ0n) is 13.6. The molecule has 1 aliphatic rings. The molecule has 4 rings (SSSR count). The van der Waals surface area contributed by atoms with Gasteiger partial charge in [0.25, 0.3) is 5.91 Å². The van der Waals surface area contributed by atoms with Gasteiger partial charge in [-0.15, -0.1) is 11.8 Å². The van der Waals surface area contributed by atoms with Crippen LogP contribution in [0.3, 0.4) is 0 Å². The summed E-state index contributed by atoms with van der Waals surface area (Å²) in [6, 6.07) is 15.5. The number of para-hydroxylation sites is 2. The van der Waals surface area contributed by atoms with Crippen molar-refractivity contribution in [3.05, 3.63) is 69.4 Å². The van der Waals surface area contributed by atoms with Crippen LogP contribution in [0.25, 0.3) is 17.1 Å². The molecule has 4 nitrogen and oxygen atoms in total. The number of imidazole rings is 1. The van der Waals surface area contributed by atoms with Gasteiger partial charge in [0, 0.05) is 35.5 Å². The topological polar surface area (TPSA) is 38.1 Å². The standard InChI is InChI=1S/C19H16BrN3OS/c1-22-16-5-3-2-4-15(16)21-17(22)12-18-23(10-11-25-18)19(24)13-6-8-14(20)9-7-13/h2-9,12H,10-11H2,1H3/b18-12+. The van der Waals surface area contributed by atoms with Gasteiger partial charge in [-0.2, -0.15) is 0 Å². The van der Waals surface area contributed by atoms with Crippen LogP contribution in [0.4, 0.5) is 0 Å². The summed E-state index contributed by atoms with van der Waals surface area (Å²) in [4.78, 5) is 19.4. The number of thioether (sulfide) groups is 1. The SMILES string of the molecule is Cn1c(/C=C2/SCCN2C(=O)c2ccc(Br)cc2)nc2ccccc21. The molecule has 0 atom stereocenters. The molecule has 1 fully saturated rings. The lowest BCUT2D eigenvalue weighted by molar-refractivity contribution is 0.0831. The molecule has 0 unspecified atom stereocenters. The van der Waals surface area contributed by atoms with Gasteiger partial charge < -0.3 is 9.47 Å². The number of aryl methyl sites for hydroxylation is 1. The maximum absolute atomic E-state index is 12.8. The first-order valence-electron chi connectivity index (χ1n) is 7.97. The average Bonchev–Trinajstić information content (AvgIpc) is 3.21. The molecular weight excluding hydrogens is 398 g/mol. The molecule has 2 aromatic carbocycles. The number of amides is 1. The van der Waals surface area contributed by atoms with Crippen LogP contribution in [-0.4, -0.2) is 32.7 Å². The van der Waals surface area contributed by atoms with Crippen molar-refractivity contribution in [2.75, 3.05) is 12.3 Å². The fraction of sp³-hybridized carbons (Fsp3) is 0.158. The van der Waals surface area contributed by atoms with Gasteiger partial charge in [-0.3, -0.25) is 4.79 Å². The van der Waals surface area contributed by atoms with E-state index in [2.05, 4.69) is 31.5 Å². The van der Waals surface area contributed by atoms with Gasteiger partial charge in [0.2, 0.25) is 0 Å². The van der Waals surface area contributed by atoms with Gasteiger partial charge in [0.15, 0.2) is 0 Å². The summed E-state index contributed by atoms with van der Waals surface area (Å²) in [7, 11) is 2.00. The third-order valence-corrected chi connectivity index (χ3v) is 5.79. The predicted molar refractivity (Wildman–Crippen MR) is 106 cm³/mol. The zero-order chi connectivity index (χ0) is 17.4. The van der Waals surface area contributed by atoms with Crippen molar-refractivity contribution >= 4 is 50.7 Å². The van der Waals surface area contributed by atoms with Crippen molar-refractivity contribution in [1.29, 1.82) is 0 Å². The quantitative estimate of drug-likeness (QED) is 0.619. The normalized spacial score (nSPS) is 16.1. The number of benzene rings is 2. The summed E-state index contributed by atoms with van der Waals surface area (Å²) >= 11 is 5.10. The molecule has 6 heteroatoms. The zero-order valence-corrected chi connectivity index (χ0v) is 16.0. The lowest BCUT2D eigenvalue weighted by atomic mass is 10.2. The van der Waals surface area contributed by atoms with Gasteiger partial charge in [-0.05, 0) is 36.4 Å². The maximum atomic E-state index is 12.8. The molecule has 1 aliphatic heterocycles. The van der Waals surface area contributed by atoms with Gasteiger partial charge in [0.05, 0.1) is 16.1 Å². The molecule has 0 N–H and O–H groups in total. The van der Waals surface area contributed by atoms with Crippen LogP contribution in [0, 0.1) is 0 Å². The Morgan fingerprint density at radius 2 is 1.96 bits per heavy atom. The highest BCUT2D eigenvalue weighted by molar-refractivity contribution is 9.10. The predicted octanol–water partition coefficient (Wildman–Crippen LogP) is 4.52. The summed E-state index contributed by atoms with van der Waals surface area (Å²) in [6.45, 7) is 0.718. The van der Waals surface area contributed by atoms with E-state index < -0.39 is 0 Å². The Bertz CT molecular complexity index is 978. The van der Waals surface area contributed by atoms with Gasteiger partial charge in [-0.25, -0.2) is 4.98 Å². The first kappa shape index (κ1) is 16.4. The molecule has 1 saturated heterocycles. The first-order valence-corrected chi connectivity index (χ1v) is 9.75. The number of nitrogens with zero attached hydrogens (tertiary/aromatic N) is 3. The minimum Gasteiger partial charge on any atom is -0.328 e. The molecule has 0 aliphatic carbocycles. The maximum Gasteiger partial charge on any atom is 0.258 e. The molecule has 0 spiro atoms. The Labute approximate surface area is 158 Å². The van der Waals surface area contributed by atoms with Gasteiger partial charge >= 0.3 is 0 Å². The molecule has 126 valence electrons. The molecule has 2 heterocycles. The number of carbonyl (C=O) groups excluding carboxylic acids is 1. The van der Waals surface area contributed by atoms with E-state index in [4.69, 9.17) is 0 Å². The smallest absolute Gasteiger partial charge is 0.258 e. The molecule has 3 aromatic rings. The molecule has 0 saturated carbocycles. The van der Waals surface area contributed by atoms with Crippen molar-refractivity contribution in [3.8, 4) is 0 Å². The van der Waals surface area contributed by atoms with Crippen LogP contribution in [0.2, 0.25) is 0 Å². The number of fused-ring (bicyclic) bond motifs is 1. The fourth-order valence-corrected chi connectivity index (χ4v) is 4.17. The highest BCUT2D eigenvalue weighted by atomic mass is 79.9. The lowest BCUT2D eigenvalue weighted by Gasteiger charge is -2.17. The molecule has 0 bridgehead atoms. The second kappa shape index (κ2) is 6.69. The van der Waals surface area contributed by atoms with Crippen molar-refractivity contribution in [2.24, 2.45) is 7.05 Å². The first-order chi connectivity index (χ1) is 12.1. The number of carbonyl (C=O) groups is 1. The number of hydrogen-bond acceptors (Lipinski definition) is 3. The van der Waals surface area contributed by atoms with Gasteiger partial charge in [-0.1, -0.05) is 28.1 Å². The third-order valence-electron chi connectivity index (χ3n) is 4.24. The summed E-state index contributed by atoms with van der Waals surface area (Å²) in [5.41, 5.74) is 2.75. The number of aromatic nitrogens is 2. The van der Waals surface area contributed by atoms with Crippen LogP contribution < -0.4 is 0 Å². The summed E-state index contributed by atoms with van der Waals surface area (Å²) in [5, 5.41) is 0.950. The average molecular weight is 414 g/mol. The van der Waals surface area contributed by atoms with E-state index in [-0.39, 0.29) is 5.91 Å². The van der Waals surface area contributed by atoms with E-state index in [0.29, 0.717) is 5.56 Å². The molecule has 0 radical (unpaired) electrons. The van der Waals surface area contributed by atoms with Crippen molar-refractivity contribution < 1.29 is 4.79 Å². The van der Waals surface area contributed by atoms with Crippen molar-refractivity contribution in [1.82, 2.24) is 14.5 Å². The Balaban J connectivity index is 1.68. The van der Waals surface area contributed by atoms with E-state index in [9.17, 15) is 4.79 Å². The van der Waals surface area contributed by atoms with E-state index in [1.165, 1.54) is 0 Å². The van der Waals surface area contributed by atoms with Gasteiger partial charge in [0.1, 0.15) is 5.82 Å². The van der Waals surface area contributed by atoms with E-state index in [1.807, 2.05) is 60.5 Å². The summed E-state index contributed by atoms with van der Waals surface area (Å²) in [5.74, 6) is 1.79. The largest absolute Gasteiger partial charge is 0.328 e. The van der Waals surface area contributed by atoms with Crippen molar-refractivity contribution in [2.45, 2.75) is 0 Å².